The molecule has 1 saturated heterocycles. The Morgan fingerprint density at radius 3 is 2.76 bits per heavy atom. The lowest BCUT2D eigenvalue weighted by molar-refractivity contribution is -0.136. The topological polar surface area (TPSA) is 80.2 Å². The predicted octanol–water partition coefficient (Wildman–Crippen LogP) is 2.12. The number of hydrogen-bond acceptors (Lipinski definition) is 3. The van der Waals surface area contributed by atoms with Crippen molar-refractivity contribution in [1.82, 2.24) is 14.8 Å². The summed E-state index contributed by atoms with van der Waals surface area (Å²) in [6.45, 7) is 3.68. The minimum absolute atomic E-state index is 0.0308. The Morgan fingerprint density at radius 1 is 1.28 bits per heavy atom. The number of fused-ring (bicyclic) bond motifs is 1. The second-order valence-corrected chi connectivity index (χ2v) is 6.95. The van der Waals surface area contributed by atoms with E-state index in [0.29, 0.717) is 36.3 Å². The first-order valence-electron chi connectivity index (χ1n) is 8.70. The first-order chi connectivity index (χ1) is 12.1. The van der Waals surface area contributed by atoms with Crippen LogP contribution in [0.25, 0.3) is 10.9 Å². The van der Waals surface area contributed by atoms with Gasteiger partial charge in [-0.25, -0.2) is 0 Å². The zero-order chi connectivity index (χ0) is 17.6. The van der Waals surface area contributed by atoms with Gasteiger partial charge in [0.05, 0.1) is 16.6 Å². The molecule has 2 fully saturated rings. The first-order valence-corrected chi connectivity index (χ1v) is 8.70. The molecule has 2 aromatic rings. The van der Waals surface area contributed by atoms with Crippen LogP contribution in [0.4, 0.5) is 0 Å². The number of H-pyrrole nitrogens is 1. The second kappa shape index (κ2) is 5.92. The minimum atomic E-state index is -0.0534. The number of benzene rings is 1. The molecule has 25 heavy (non-hydrogen) atoms. The zero-order valence-corrected chi connectivity index (χ0v) is 14.2. The van der Waals surface area contributed by atoms with Crippen molar-refractivity contribution in [2.24, 2.45) is 5.92 Å². The van der Waals surface area contributed by atoms with Gasteiger partial charge in [-0.15, -0.1) is 0 Å². The van der Waals surface area contributed by atoms with Crippen LogP contribution in [0.3, 0.4) is 0 Å². The third-order valence-corrected chi connectivity index (χ3v) is 5.19. The number of carbonyl (C=O) groups is 2. The van der Waals surface area contributed by atoms with Gasteiger partial charge < -0.3 is 14.8 Å². The van der Waals surface area contributed by atoms with E-state index in [4.69, 9.17) is 5.26 Å². The monoisotopic (exact) mass is 336 g/mol. The highest BCUT2D eigenvalue weighted by Gasteiger charge is 2.38. The molecule has 1 atom stereocenters. The van der Waals surface area contributed by atoms with E-state index in [1.54, 1.807) is 18.3 Å². The Labute approximate surface area is 146 Å². The Kier molecular flexibility index (Phi) is 3.72. The molecule has 1 N–H and O–H groups in total. The fourth-order valence-electron chi connectivity index (χ4n) is 3.63. The SMILES string of the molecule is C[C@H]1CN(C(=O)c2cccc3c(C#N)c[nH]c23)CCN1C(=O)C1CC1. The molecule has 6 nitrogen and oxygen atoms in total. The smallest absolute Gasteiger partial charge is 0.256 e. The van der Waals surface area contributed by atoms with Gasteiger partial charge in [0.25, 0.3) is 5.91 Å². The van der Waals surface area contributed by atoms with Crippen molar-refractivity contribution in [2.75, 3.05) is 19.6 Å². The number of aromatic amines is 1. The number of nitriles is 1. The van der Waals surface area contributed by atoms with Gasteiger partial charge in [0.2, 0.25) is 5.91 Å². The average molecular weight is 336 g/mol. The number of carbonyl (C=O) groups excluding carboxylic acids is 2. The van der Waals surface area contributed by atoms with Crippen molar-refractivity contribution in [1.29, 1.82) is 5.26 Å². The number of rotatable bonds is 2. The lowest BCUT2D eigenvalue weighted by Crippen LogP contribution is -2.55. The standard InChI is InChI=1S/C19H20N4O2/c1-12-11-22(7-8-23(12)18(24)13-5-6-13)19(25)16-4-2-3-15-14(9-20)10-21-17(15)16/h2-4,10,12-13,21H,5-8,11H2,1H3/t12-/m0/s1. The Balaban J connectivity index is 1.55. The van der Waals surface area contributed by atoms with E-state index in [1.807, 2.05) is 22.8 Å². The summed E-state index contributed by atoms with van der Waals surface area (Å²) < 4.78 is 0. The number of piperazine rings is 1. The number of hydrogen-bond donors (Lipinski definition) is 1. The summed E-state index contributed by atoms with van der Waals surface area (Å²) in [5, 5.41) is 9.93. The first kappa shape index (κ1) is 15.7. The summed E-state index contributed by atoms with van der Waals surface area (Å²) >= 11 is 0. The van der Waals surface area contributed by atoms with E-state index in [1.165, 1.54) is 0 Å². The summed E-state index contributed by atoms with van der Waals surface area (Å²) in [5.41, 5.74) is 1.82. The highest BCUT2D eigenvalue weighted by molar-refractivity contribution is 6.07. The third kappa shape index (κ3) is 2.66. The number of aromatic nitrogens is 1. The summed E-state index contributed by atoms with van der Waals surface area (Å²) in [6.07, 6.45) is 3.64. The van der Waals surface area contributed by atoms with Crippen LogP contribution < -0.4 is 0 Å². The molecule has 2 aliphatic rings. The second-order valence-electron chi connectivity index (χ2n) is 6.95. The number of nitrogens with zero attached hydrogens (tertiary/aromatic N) is 3. The Bertz CT molecular complexity index is 890. The molecule has 0 spiro atoms. The molecule has 1 aromatic heterocycles. The van der Waals surface area contributed by atoms with Gasteiger partial charge in [0.15, 0.2) is 0 Å². The van der Waals surface area contributed by atoms with E-state index >= 15 is 0 Å². The maximum atomic E-state index is 13.0. The predicted molar refractivity (Wildman–Crippen MR) is 92.8 cm³/mol. The largest absolute Gasteiger partial charge is 0.359 e. The molecule has 2 amide bonds. The molecule has 0 unspecified atom stereocenters. The summed E-state index contributed by atoms with van der Waals surface area (Å²) in [6, 6.07) is 7.60. The average Bonchev–Trinajstić information content (AvgIpc) is 3.39. The molecule has 1 aliphatic carbocycles. The van der Waals surface area contributed by atoms with Crippen LogP contribution in [-0.2, 0) is 4.79 Å². The quantitative estimate of drug-likeness (QED) is 0.912. The van der Waals surface area contributed by atoms with Crippen molar-refractivity contribution in [3.63, 3.8) is 0 Å². The van der Waals surface area contributed by atoms with E-state index in [2.05, 4.69) is 11.1 Å². The van der Waals surface area contributed by atoms with Gasteiger partial charge in [0, 0.05) is 43.2 Å². The van der Waals surface area contributed by atoms with E-state index < -0.39 is 0 Å². The molecule has 2 heterocycles. The van der Waals surface area contributed by atoms with Crippen molar-refractivity contribution in [2.45, 2.75) is 25.8 Å². The molecule has 0 bridgehead atoms. The molecule has 6 heteroatoms. The normalized spacial score (nSPS) is 20.6. The van der Waals surface area contributed by atoms with E-state index in [-0.39, 0.29) is 23.8 Å². The number of amides is 2. The van der Waals surface area contributed by atoms with Gasteiger partial charge in [-0.1, -0.05) is 12.1 Å². The van der Waals surface area contributed by atoms with Crippen LogP contribution in [0.5, 0.6) is 0 Å². The van der Waals surface area contributed by atoms with Gasteiger partial charge in [-0.2, -0.15) is 5.26 Å². The van der Waals surface area contributed by atoms with Crippen molar-refractivity contribution >= 4 is 22.7 Å². The Hall–Kier alpha value is -2.81. The lowest BCUT2D eigenvalue weighted by atomic mass is 10.1. The molecule has 1 aliphatic heterocycles. The summed E-state index contributed by atoms with van der Waals surface area (Å²) in [4.78, 5) is 32.1. The number of nitrogens with one attached hydrogen (secondary N) is 1. The molecule has 1 saturated carbocycles. The van der Waals surface area contributed by atoms with Crippen molar-refractivity contribution in [3.05, 3.63) is 35.5 Å². The Morgan fingerprint density at radius 2 is 2.08 bits per heavy atom. The van der Waals surface area contributed by atoms with Crippen LogP contribution in [0.15, 0.2) is 24.4 Å². The highest BCUT2D eigenvalue weighted by Crippen LogP contribution is 2.32. The van der Waals surface area contributed by atoms with Gasteiger partial charge in [-0.05, 0) is 25.8 Å². The fourth-order valence-corrected chi connectivity index (χ4v) is 3.63. The maximum Gasteiger partial charge on any atom is 0.256 e. The van der Waals surface area contributed by atoms with Crippen LogP contribution >= 0.6 is 0 Å². The molecular formula is C19H20N4O2. The third-order valence-electron chi connectivity index (χ3n) is 5.19. The van der Waals surface area contributed by atoms with E-state index in [9.17, 15) is 9.59 Å². The van der Waals surface area contributed by atoms with Gasteiger partial charge >= 0.3 is 0 Å². The fraction of sp³-hybridized carbons (Fsp3) is 0.421. The molecule has 4 rings (SSSR count). The summed E-state index contributed by atoms with van der Waals surface area (Å²) in [7, 11) is 0. The van der Waals surface area contributed by atoms with Crippen molar-refractivity contribution in [3.8, 4) is 6.07 Å². The lowest BCUT2D eigenvalue weighted by Gasteiger charge is -2.40. The maximum absolute atomic E-state index is 13.0. The highest BCUT2D eigenvalue weighted by atomic mass is 16.2. The van der Waals surface area contributed by atoms with Crippen molar-refractivity contribution < 1.29 is 9.59 Å². The minimum Gasteiger partial charge on any atom is -0.359 e. The number of para-hydroxylation sites is 1. The van der Waals surface area contributed by atoms with Gasteiger partial charge in [0.1, 0.15) is 6.07 Å². The van der Waals surface area contributed by atoms with Crippen LogP contribution in [0.1, 0.15) is 35.7 Å². The van der Waals surface area contributed by atoms with Crippen LogP contribution in [0.2, 0.25) is 0 Å². The molecule has 0 radical (unpaired) electrons. The molecule has 128 valence electrons. The molecule has 1 aromatic carbocycles. The summed E-state index contributed by atoms with van der Waals surface area (Å²) in [5.74, 6) is 0.397. The van der Waals surface area contributed by atoms with E-state index in [0.717, 1.165) is 18.2 Å². The molecular weight excluding hydrogens is 316 g/mol. The van der Waals surface area contributed by atoms with Crippen LogP contribution in [-0.4, -0.2) is 52.3 Å². The van der Waals surface area contributed by atoms with Crippen LogP contribution in [0, 0.1) is 17.2 Å². The zero-order valence-electron chi connectivity index (χ0n) is 14.2. The van der Waals surface area contributed by atoms with Gasteiger partial charge in [-0.3, -0.25) is 9.59 Å².